The van der Waals surface area contributed by atoms with Gasteiger partial charge in [0.1, 0.15) is 30.5 Å². The zero-order valence-corrected chi connectivity index (χ0v) is 26.4. The number of aliphatic carboxylic acids is 1. The van der Waals surface area contributed by atoms with Crippen molar-refractivity contribution in [3.8, 4) is 11.4 Å². The first-order valence-corrected chi connectivity index (χ1v) is 14.7. The maximum absolute atomic E-state index is 13.6. The molecule has 1 amide bonds. The minimum absolute atomic E-state index is 0.0852. The molecular formula is C30H43N5O10. The lowest BCUT2D eigenvalue weighted by Gasteiger charge is -2.50. The number of ether oxygens (including phenoxy) is 3. The Kier molecular flexibility index (Phi) is 10.2. The maximum atomic E-state index is 13.6. The highest BCUT2D eigenvalue weighted by atomic mass is 16.7. The SMILES string of the molecule is Cc1nnc(-c2ccc(CNC(=O)C3O[C@@H](O[C@H]4C(C(=O)O)O[C@@H](C(C)(C)C)C(O)[C@H]4O)C(O)[C@@H](O)[C@@H]3C(C)(C)C)cc2)nn1. The Morgan fingerprint density at radius 1 is 0.822 bits per heavy atom. The number of carboxylic acids is 1. The van der Waals surface area contributed by atoms with Crippen LogP contribution >= 0.6 is 0 Å². The van der Waals surface area contributed by atoms with E-state index >= 15 is 0 Å². The zero-order chi connectivity index (χ0) is 33.4. The summed E-state index contributed by atoms with van der Waals surface area (Å²) in [7, 11) is 0. The van der Waals surface area contributed by atoms with Crippen molar-refractivity contribution in [1.82, 2.24) is 25.7 Å². The van der Waals surface area contributed by atoms with Crippen molar-refractivity contribution < 1.29 is 49.3 Å². The second kappa shape index (κ2) is 13.3. The summed E-state index contributed by atoms with van der Waals surface area (Å²) in [5.41, 5.74) is -0.0651. The smallest absolute Gasteiger partial charge is 0.335 e. The molecule has 6 N–H and O–H groups in total. The minimum Gasteiger partial charge on any atom is -0.479 e. The molecule has 0 bridgehead atoms. The first-order valence-electron chi connectivity index (χ1n) is 14.7. The quantitative estimate of drug-likeness (QED) is 0.236. The number of benzene rings is 1. The first kappa shape index (κ1) is 34.7. The molecule has 2 aromatic rings. The number of carbonyl (C=O) groups excluding carboxylic acids is 1. The van der Waals surface area contributed by atoms with Gasteiger partial charge in [-0.2, -0.15) is 0 Å². The number of carboxylic acid groups (broad SMARTS) is 1. The van der Waals surface area contributed by atoms with Gasteiger partial charge in [-0.3, -0.25) is 4.79 Å². The van der Waals surface area contributed by atoms with E-state index in [2.05, 4.69) is 25.7 Å². The Morgan fingerprint density at radius 2 is 1.42 bits per heavy atom. The van der Waals surface area contributed by atoms with E-state index < -0.39 is 83.7 Å². The predicted molar refractivity (Wildman–Crippen MR) is 156 cm³/mol. The number of aromatic nitrogens is 4. The molecule has 2 aliphatic rings. The van der Waals surface area contributed by atoms with Crippen LogP contribution in [0, 0.1) is 23.7 Å². The summed E-state index contributed by atoms with van der Waals surface area (Å²) >= 11 is 0. The highest BCUT2D eigenvalue weighted by Gasteiger charge is 2.56. The van der Waals surface area contributed by atoms with Crippen LogP contribution in [0.3, 0.4) is 0 Å². The summed E-state index contributed by atoms with van der Waals surface area (Å²) in [6, 6.07) is 7.03. The molecule has 2 fully saturated rings. The van der Waals surface area contributed by atoms with Gasteiger partial charge in [0.2, 0.25) is 11.7 Å². The van der Waals surface area contributed by atoms with Crippen molar-refractivity contribution in [2.45, 2.75) is 110 Å². The molecule has 3 heterocycles. The number of nitrogens with one attached hydrogen (secondary N) is 1. The second-order valence-electron chi connectivity index (χ2n) is 13.7. The molecule has 0 spiro atoms. The first-order chi connectivity index (χ1) is 20.9. The largest absolute Gasteiger partial charge is 0.479 e. The normalized spacial score (nSPS) is 32.6. The number of hydrogen-bond donors (Lipinski definition) is 6. The average Bonchev–Trinajstić information content (AvgIpc) is 2.95. The third kappa shape index (κ3) is 7.62. The number of carbonyl (C=O) groups is 2. The van der Waals surface area contributed by atoms with Gasteiger partial charge in [-0.25, -0.2) is 4.79 Å². The summed E-state index contributed by atoms with van der Waals surface area (Å²) in [6.07, 6.45) is -14.1. The van der Waals surface area contributed by atoms with Gasteiger partial charge < -0.3 is 45.1 Å². The van der Waals surface area contributed by atoms with E-state index in [0.29, 0.717) is 17.2 Å². The summed E-state index contributed by atoms with van der Waals surface area (Å²) in [5.74, 6) is -2.21. The molecule has 4 unspecified atom stereocenters. The predicted octanol–water partition coefficient (Wildman–Crippen LogP) is -0.0277. The lowest BCUT2D eigenvalue weighted by molar-refractivity contribution is -0.336. The summed E-state index contributed by atoms with van der Waals surface area (Å²) < 4.78 is 17.3. The molecular weight excluding hydrogens is 590 g/mol. The molecule has 1 aromatic heterocycles. The highest BCUT2D eigenvalue weighted by Crippen LogP contribution is 2.41. The monoisotopic (exact) mass is 633 g/mol. The van der Waals surface area contributed by atoms with E-state index in [9.17, 15) is 35.1 Å². The number of rotatable bonds is 7. The molecule has 0 radical (unpaired) electrons. The molecule has 10 atom stereocenters. The molecule has 2 aliphatic heterocycles. The van der Waals surface area contributed by atoms with Crippen LogP contribution in [-0.4, -0.2) is 113 Å². The topological polar surface area (TPSA) is 227 Å². The Balaban J connectivity index is 1.51. The second-order valence-corrected chi connectivity index (χ2v) is 13.7. The van der Waals surface area contributed by atoms with Crippen LogP contribution < -0.4 is 5.32 Å². The van der Waals surface area contributed by atoms with E-state index in [-0.39, 0.29) is 6.54 Å². The van der Waals surface area contributed by atoms with Crippen LogP contribution in [0.15, 0.2) is 24.3 Å². The number of nitrogens with zero attached hydrogens (tertiary/aromatic N) is 4. The van der Waals surface area contributed by atoms with Crippen molar-refractivity contribution in [1.29, 1.82) is 0 Å². The van der Waals surface area contributed by atoms with Crippen molar-refractivity contribution in [3.63, 3.8) is 0 Å². The molecule has 1 aromatic carbocycles. The van der Waals surface area contributed by atoms with E-state index in [1.54, 1.807) is 72.7 Å². The molecule has 2 saturated heterocycles. The molecule has 248 valence electrons. The summed E-state index contributed by atoms with van der Waals surface area (Å²) in [5, 5.41) is 72.4. The van der Waals surface area contributed by atoms with Crippen LogP contribution in [0.5, 0.6) is 0 Å². The van der Waals surface area contributed by atoms with Gasteiger partial charge in [-0.05, 0) is 23.3 Å². The van der Waals surface area contributed by atoms with Gasteiger partial charge in [0, 0.05) is 18.0 Å². The Bertz CT molecular complexity index is 1330. The fourth-order valence-corrected chi connectivity index (χ4v) is 5.71. The zero-order valence-electron chi connectivity index (χ0n) is 26.4. The molecule has 0 saturated carbocycles. The fraction of sp³-hybridized carbons (Fsp3) is 0.667. The lowest BCUT2D eigenvalue weighted by atomic mass is 9.71. The molecule has 15 heteroatoms. The summed E-state index contributed by atoms with van der Waals surface area (Å²) in [6.45, 7) is 12.2. The van der Waals surface area contributed by atoms with E-state index in [1.165, 1.54) is 0 Å². The van der Waals surface area contributed by atoms with Crippen molar-refractivity contribution >= 4 is 11.9 Å². The van der Waals surface area contributed by atoms with Crippen molar-refractivity contribution in [2.24, 2.45) is 16.7 Å². The Hall–Kier alpha value is -3.18. The van der Waals surface area contributed by atoms with Gasteiger partial charge >= 0.3 is 5.97 Å². The van der Waals surface area contributed by atoms with Crippen LogP contribution in [0.2, 0.25) is 0 Å². The van der Waals surface area contributed by atoms with Crippen LogP contribution in [0.25, 0.3) is 11.4 Å². The van der Waals surface area contributed by atoms with Gasteiger partial charge in [-0.15, -0.1) is 20.4 Å². The highest BCUT2D eigenvalue weighted by molar-refractivity contribution is 5.81. The molecule has 45 heavy (non-hydrogen) atoms. The van der Waals surface area contributed by atoms with Gasteiger partial charge in [0.25, 0.3) is 0 Å². The molecule has 15 nitrogen and oxygen atoms in total. The molecule has 4 rings (SSSR count). The van der Waals surface area contributed by atoms with E-state index in [1.807, 2.05) is 0 Å². The van der Waals surface area contributed by atoms with Crippen molar-refractivity contribution in [2.75, 3.05) is 0 Å². The van der Waals surface area contributed by atoms with E-state index in [4.69, 9.17) is 14.2 Å². The van der Waals surface area contributed by atoms with Crippen LogP contribution in [0.4, 0.5) is 0 Å². The van der Waals surface area contributed by atoms with Crippen molar-refractivity contribution in [3.05, 3.63) is 35.7 Å². The standard InChI is InChI=1S/C30H43N5O10/c1-13-32-34-25(35-33-13)15-10-8-14(9-11-15)12-31-26(40)21-16(29(2,3)4)17(36)20(39)28(44-21)45-22-18(37)19(38)24(30(5,6)7)43-23(22)27(41)42/h8-11,16-24,28,36-39H,12H2,1-7H3,(H,31,40)(H,41,42)/t16-,17-,18+,19?,20?,21?,22+,23?,24+,28-/m0/s1. The average molecular weight is 634 g/mol. The number of aliphatic hydroxyl groups excluding tert-OH is 4. The van der Waals surface area contributed by atoms with Gasteiger partial charge in [-0.1, -0.05) is 65.8 Å². The number of hydrogen-bond acceptors (Lipinski definition) is 13. The maximum Gasteiger partial charge on any atom is 0.335 e. The van der Waals surface area contributed by atoms with E-state index in [0.717, 1.165) is 5.56 Å². The number of aryl methyl sites for hydroxylation is 1. The summed E-state index contributed by atoms with van der Waals surface area (Å²) in [4.78, 5) is 25.7. The van der Waals surface area contributed by atoms with Crippen LogP contribution in [0.1, 0.15) is 52.9 Å². The molecule has 0 aliphatic carbocycles. The third-order valence-corrected chi connectivity index (χ3v) is 8.10. The van der Waals surface area contributed by atoms with Crippen LogP contribution in [-0.2, 0) is 30.3 Å². The Morgan fingerprint density at radius 3 is 1.96 bits per heavy atom. The Labute approximate surface area is 261 Å². The minimum atomic E-state index is -1.75. The fourth-order valence-electron chi connectivity index (χ4n) is 5.71. The lowest BCUT2D eigenvalue weighted by Crippen LogP contribution is -2.67. The van der Waals surface area contributed by atoms with Gasteiger partial charge in [0.05, 0.1) is 12.2 Å². The number of amides is 1. The number of aliphatic hydroxyl groups is 4. The third-order valence-electron chi connectivity index (χ3n) is 8.10. The van der Waals surface area contributed by atoms with Gasteiger partial charge in [0.15, 0.2) is 18.2 Å².